The molecule has 8 heteroatoms. The Balaban J connectivity index is 1.68. The van der Waals surface area contributed by atoms with Crippen LogP contribution in [-0.2, 0) is 16.0 Å². The maximum absolute atomic E-state index is 12.8. The van der Waals surface area contributed by atoms with Crippen LogP contribution in [0.4, 0.5) is 14.5 Å². The first-order chi connectivity index (χ1) is 13.5. The van der Waals surface area contributed by atoms with Crippen molar-refractivity contribution >= 4 is 17.5 Å². The number of likely N-dealkylation sites (N-methyl/N-ethyl adjacent to an activating group) is 1. The zero-order valence-corrected chi connectivity index (χ0v) is 15.2. The maximum Gasteiger partial charge on any atom is 0.387 e. The van der Waals surface area contributed by atoms with Crippen LogP contribution in [0.1, 0.15) is 12.0 Å². The van der Waals surface area contributed by atoms with Gasteiger partial charge in [0.05, 0.1) is 12.2 Å². The minimum absolute atomic E-state index is 0.0700. The highest BCUT2D eigenvalue weighted by molar-refractivity contribution is 5.97. The largest absolute Gasteiger partial charge is 0.477 e. The molecule has 1 atom stereocenters. The number of rotatable bonds is 6. The second kappa shape index (κ2) is 8.69. The monoisotopic (exact) mass is 390 g/mol. The first-order valence-electron chi connectivity index (χ1n) is 8.79. The number of hydrogen-bond donors (Lipinski definition) is 1. The average molecular weight is 390 g/mol. The van der Waals surface area contributed by atoms with Crippen molar-refractivity contribution in [3.63, 3.8) is 0 Å². The van der Waals surface area contributed by atoms with Crippen molar-refractivity contribution in [1.29, 1.82) is 0 Å². The molecule has 0 radical (unpaired) electrons. The van der Waals surface area contributed by atoms with Crippen LogP contribution in [0.2, 0.25) is 0 Å². The van der Waals surface area contributed by atoms with Gasteiger partial charge in [-0.15, -0.1) is 0 Å². The minimum atomic E-state index is -2.87. The third-order valence-electron chi connectivity index (χ3n) is 4.39. The predicted octanol–water partition coefficient (Wildman–Crippen LogP) is 2.76. The van der Waals surface area contributed by atoms with E-state index in [1.54, 1.807) is 41.3 Å². The molecule has 0 aliphatic carbocycles. The van der Waals surface area contributed by atoms with Crippen LogP contribution >= 0.6 is 0 Å². The molecule has 2 amide bonds. The van der Waals surface area contributed by atoms with E-state index < -0.39 is 12.7 Å². The number of anilines is 1. The van der Waals surface area contributed by atoms with E-state index in [9.17, 15) is 18.4 Å². The molecule has 28 heavy (non-hydrogen) atoms. The van der Waals surface area contributed by atoms with E-state index in [2.05, 4.69) is 10.1 Å². The smallest absolute Gasteiger partial charge is 0.387 e. The lowest BCUT2D eigenvalue weighted by atomic mass is 10.1. The molecule has 0 saturated heterocycles. The molecule has 0 saturated carbocycles. The first-order valence-corrected chi connectivity index (χ1v) is 8.79. The van der Waals surface area contributed by atoms with Crippen molar-refractivity contribution in [3.05, 3.63) is 54.1 Å². The number of alkyl halides is 2. The van der Waals surface area contributed by atoms with Gasteiger partial charge in [0, 0.05) is 13.5 Å². The Kier molecular flexibility index (Phi) is 6.08. The highest BCUT2D eigenvalue weighted by Crippen LogP contribution is 2.33. The Labute approximate surface area is 161 Å². The molecule has 2 aromatic rings. The summed E-state index contributed by atoms with van der Waals surface area (Å²) in [7, 11) is 1.51. The van der Waals surface area contributed by atoms with Crippen LogP contribution in [0.25, 0.3) is 0 Å². The zero-order chi connectivity index (χ0) is 20.1. The van der Waals surface area contributed by atoms with Gasteiger partial charge in [0.15, 0.2) is 6.10 Å². The Morgan fingerprint density at radius 2 is 1.93 bits per heavy atom. The molecule has 6 nitrogen and oxygen atoms in total. The molecule has 0 spiro atoms. The number of nitrogens with zero attached hydrogens (tertiary/aromatic N) is 1. The normalized spacial score (nSPS) is 15.6. The third kappa shape index (κ3) is 4.57. The minimum Gasteiger partial charge on any atom is -0.477 e. The van der Waals surface area contributed by atoms with Crippen molar-refractivity contribution in [2.24, 2.45) is 0 Å². The first kappa shape index (κ1) is 19.6. The highest BCUT2D eigenvalue weighted by atomic mass is 19.3. The van der Waals surface area contributed by atoms with Gasteiger partial charge in [0.25, 0.3) is 5.91 Å². The van der Waals surface area contributed by atoms with E-state index >= 15 is 0 Å². The van der Waals surface area contributed by atoms with Gasteiger partial charge in [0.1, 0.15) is 11.5 Å². The quantitative estimate of drug-likeness (QED) is 0.824. The molecule has 1 heterocycles. The van der Waals surface area contributed by atoms with E-state index in [0.29, 0.717) is 17.9 Å². The number of benzene rings is 2. The number of nitrogens with one attached hydrogen (secondary N) is 1. The van der Waals surface area contributed by atoms with Gasteiger partial charge in [-0.1, -0.05) is 24.3 Å². The van der Waals surface area contributed by atoms with Gasteiger partial charge in [-0.05, 0) is 36.2 Å². The molecular formula is C20H20F2N2O4. The molecule has 1 aliphatic rings. The summed E-state index contributed by atoms with van der Waals surface area (Å²) in [4.78, 5) is 26.4. The molecule has 1 N–H and O–H groups in total. The molecule has 148 valence electrons. The molecule has 0 bridgehead atoms. The van der Waals surface area contributed by atoms with Gasteiger partial charge >= 0.3 is 6.61 Å². The van der Waals surface area contributed by atoms with E-state index in [0.717, 1.165) is 5.56 Å². The number of amides is 2. The van der Waals surface area contributed by atoms with Crippen LogP contribution in [0.3, 0.4) is 0 Å². The standard InChI is InChI=1S/C20H20F2N2O4/c1-23-19(26)17-12-24(15-4-2-3-5-16(15)28-17)18(25)11-8-13-6-9-14(10-7-13)27-20(21)22/h2-7,9-10,17,20H,8,11-12H2,1H3,(H,23,26). The van der Waals surface area contributed by atoms with E-state index in [4.69, 9.17) is 4.74 Å². The number of para-hydroxylation sites is 2. The summed E-state index contributed by atoms with van der Waals surface area (Å²) in [6.45, 7) is -2.75. The van der Waals surface area contributed by atoms with Gasteiger partial charge in [-0.3, -0.25) is 9.59 Å². The molecule has 3 rings (SSSR count). The van der Waals surface area contributed by atoms with Gasteiger partial charge in [0.2, 0.25) is 5.91 Å². The van der Waals surface area contributed by atoms with Crippen LogP contribution < -0.4 is 19.7 Å². The maximum atomic E-state index is 12.8. The second-order valence-corrected chi connectivity index (χ2v) is 6.22. The summed E-state index contributed by atoms with van der Waals surface area (Å²) >= 11 is 0. The number of halogens is 2. The lowest BCUT2D eigenvalue weighted by Gasteiger charge is -2.34. The summed E-state index contributed by atoms with van der Waals surface area (Å²) in [5.41, 5.74) is 1.44. The van der Waals surface area contributed by atoms with Crippen molar-refractivity contribution in [1.82, 2.24) is 5.32 Å². The fourth-order valence-corrected chi connectivity index (χ4v) is 2.99. The summed E-state index contributed by atoms with van der Waals surface area (Å²) < 4.78 is 34.4. The lowest BCUT2D eigenvalue weighted by Crippen LogP contribution is -2.50. The lowest BCUT2D eigenvalue weighted by molar-refractivity contribution is -0.127. The summed E-state index contributed by atoms with van der Waals surface area (Å²) in [5, 5.41) is 2.53. The highest BCUT2D eigenvalue weighted by Gasteiger charge is 2.32. The van der Waals surface area contributed by atoms with Crippen LogP contribution in [-0.4, -0.2) is 38.1 Å². The van der Waals surface area contributed by atoms with E-state index in [1.807, 2.05) is 0 Å². The van der Waals surface area contributed by atoms with Crippen LogP contribution in [0.15, 0.2) is 48.5 Å². The fraction of sp³-hybridized carbons (Fsp3) is 0.300. The van der Waals surface area contributed by atoms with Crippen LogP contribution in [0.5, 0.6) is 11.5 Å². The second-order valence-electron chi connectivity index (χ2n) is 6.22. The fourth-order valence-electron chi connectivity index (χ4n) is 2.99. The zero-order valence-electron chi connectivity index (χ0n) is 15.2. The topological polar surface area (TPSA) is 67.9 Å². The SMILES string of the molecule is CNC(=O)C1CN(C(=O)CCc2ccc(OC(F)F)cc2)c2ccccc2O1. The van der Waals surface area contributed by atoms with Gasteiger partial charge in [-0.25, -0.2) is 0 Å². The van der Waals surface area contributed by atoms with Gasteiger partial charge in [-0.2, -0.15) is 8.78 Å². The number of ether oxygens (including phenoxy) is 2. The number of carbonyl (C=O) groups is 2. The molecule has 0 aromatic heterocycles. The number of carbonyl (C=O) groups excluding carboxylic acids is 2. The summed E-state index contributed by atoms with van der Waals surface area (Å²) in [5.74, 6) is 0.0873. The molecule has 2 aromatic carbocycles. The summed E-state index contributed by atoms with van der Waals surface area (Å²) in [6.07, 6.45) is -0.156. The Morgan fingerprint density at radius 3 is 2.61 bits per heavy atom. The molecule has 1 unspecified atom stereocenters. The Hall–Kier alpha value is -3.16. The van der Waals surface area contributed by atoms with Crippen molar-refractivity contribution < 1.29 is 27.8 Å². The number of aryl methyl sites for hydroxylation is 1. The molecule has 1 aliphatic heterocycles. The Morgan fingerprint density at radius 1 is 1.21 bits per heavy atom. The number of fused-ring (bicyclic) bond motifs is 1. The van der Waals surface area contributed by atoms with E-state index in [1.165, 1.54) is 19.2 Å². The Bertz CT molecular complexity index is 842. The molecule has 0 fully saturated rings. The van der Waals surface area contributed by atoms with E-state index in [-0.39, 0.29) is 30.5 Å². The molecular weight excluding hydrogens is 370 g/mol. The predicted molar refractivity (Wildman–Crippen MR) is 98.7 cm³/mol. The van der Waals surface area contributed by atoms with Gasteiger partial charge < -0.3 is 19.7 Å². The number of hydrogen-bond acceptors (Lipinski definition) is 4. The van der Waals surface area contributed by atoms with Crippen molar-refractivity contribution in [2.45, 2.75) is 25.6 Å². The van der Waals surface area contributed by atoms with Crippen LogP contribution in [0, 0.1) is 0 Å². The third-order valence-corrected chi connectivity index (χ3v) is 4.39. The van der Waals surface area contributed by atoms with Crippen molar-refractivity contribution in [2.75, 3.05) is 18.5 Å². The van der Waals surface area contributed by atoms with Crippen molar-refractivity contribution in [3.8, 4) is 11.5 Å². The summed E-state index contributed by atoms with van der Waals surface area (Å²) in [6, 6.07) is 13.2. The average Bonchev–Trinajstić information content (AvgIpc) is 2.71.